The Morgan fingerprint density at radius 2 is 1.68 bits per heavy atom. The smallest absolute Gasteiger partial charge is 0.134 e. The normalized spacial score (nSPS) is 11.4. The number of aromatic nitrogens is 3. The van der Waals surface area contributed by atoms with Gasteiger partial charge in [0.2, 0.25) is 0 Å². The zero-order valence-electron chi connectivity index (χ0n) is 12.1. The molecular weight excluding hydrogens is 294 g/mol. The second-order valence-corrected chi connectivity index (χ2v) is 5.72. The van der Waals surface area contributed by atoms with Gasteiger partial charge in [0.25, 0.3) is 0 Å². The van der Waals surface area contributed by atoms with E-state index in [1.54, 1.807) is 0 Å². The predicted molar refractivity (Wildman–Crippen MR) is 90.3 cm³/mol. The molecule has 0 unspecified atom stereocenters. The first kappa shape index (κ1) is 13.3. The lowest BCUT2D eigenvalue weighted by Gasteiger charge is -2.10. The molecule has 2 aromatic heterocycles. The molecular formula is C18H14ClN3. The Kier molecular flexibility index (Phi) is 3.09. The molecule has 0 amide bonds. The molecule has 4 aromatic rings. The summed E-state index contributed by atoms with van der Waals surface area (Å²) in [6.07, 6.45) is 0. The molecule has 0 atom stereocenters. The van der Waals surface area contributed by atoms with Crippen LogP contribution in [-0.4, -0.2) is 14.5 Å². The summed E-state index contributed by atoms with van der Waals surface area (Å²) in [6.45, 7) is 2.69. The van der Waals surface area contributed by atoms with Gasteiger partial charge in [0.1, 0.15) is 11.0 Å². The number of fused-ring (bicyclic) bond motifs is 2. The van der Waals surface area contributed by atoms with Crippen molar-refractivity contribution >= 4 is 33.5 Å². The van der Waals surface area contributed by atoms with E-state index in [0.29, 0.717) is 11.7 Å². The number of nitrogens with zero attached hydrogens (tertiary/aromatic N) is 3. The minimum atomic E-state index is 0.552. The zero-order chi connectivity index (χ0) is 15.1. The van der Waals surface area contributed by atoms with Crippen LogP contribution in [0.15, 0.2) is 54.6 Å². The fraction of sp³-hybridized carbons (Fsp3) is 0.111. The Labute approximate surface area is 133 Å². The fourth-order valence-electron chi connectivity index (χ4n) is 2.81. The number of hydrogen-bond acceptors (Lipinski definition) is 2. The molecule has 0 fully saturated rings. The third-order valence-electron chi connectivity index (χ3n) is 3.92. The van der Waals surface area contributed by atoms with E-state index in [4.69, 9.17) is 11.6 Å². The minimum Gasteiger partial charge on any atom is -0.324 e. The van der Waals surface area contributed by atoms with Crippen molar-refractivity contribution in [3.05, 3.63) is 71.1 Å². The first-order valence-corrected chi connectivity index (χ1v) is 7.56. The predicted octanol–water partition coefficient (Wildman–Crippen LogP) is 4.59. The highest BCUT2D eigenvalue weighted by molar-refractivity contribution is 6.30. The van der Waals surface area contributed by atoms with Crippen molar-refractivity contribution in [1.29, 1.82) is 0 Å². The lowest BCUT2D eigenvalue weighted by Crippen LogP contribution is -2.03. The largest absolute Gasteiger partial charge is 0.324 e. The number of halogens is 1. The van der Waals surface area contributed by atoms with Crippen LogP contribution in [0.1, 0.15) is 11.4 Å². The molecule has 0 aliphatic carbocycles. The minimum absolute atomic E-state index is 0.552. The lowest BCUT2D eigenvalue weighted by atomic mass is 10.1. The second kappa shape index (κ2) is 5.11. The molecule has 0 aliphatic heterocycles. The molecule has 2 heterocycles. The summed E-state index contributed by atoms with van der Waals surface area (Å²) in [5.74, 6) is 0.977. The van der Waals surface area contributed by atoms with Gasteiger partial charge in [-0.3, -0.25) is 0 Å². The number of para-hydroxylation sites is 3. The van der Waals surface area contributed by atoms with Crippen LogP contribution in [0.2, 0.25) is 5.15 Å². The summed E-state index contributed by atoms with van der Waals surface area (Å²) >= 11 is 6.38. The van der Waals surface area contributed by atoms with E-state index in [-0.39, 0.29) is 0 Å². The summed E-state index contributed by atoms with van der Waals surface area (Å²) in [5, 5.41) is 1.65. The van der Waals surface area contributed by atoms with Crippen molar-refractivity contribution in [2.75, 3.05) is 0 Å². The van der Waals surface area contributed by atoms with Gasteiger partial charge in [-0.15, -0.1) is 0 Å². The summed E-state index contributed by atoms with van der Waals surface area (Å²) < 4.78 is 2.17. The van der Waals surface area contributed by atoms with Gasteiger partial charge in [-0.2, -0.15) is 0 Å². The molecule has 0 radical (unpaired) electrons. The first-order valence-electron chi connectivity index (χ1n) is 7.18. The summed E-state index contributed by atoms with van der Waals surface area (Å²) in [4.78, 5) is 9.10. The molecule has 0 N–H and O–H groups in total. The quantitative estimate of drug-likeness (QED) is 0.507. The molecule has 0 aliphatic rings. The Morgan fingerprint density at radius 3 is 2.55 bits per heavy atom. The van der Waals surface area contributed by atoms with E-state index >= 15 is 0 Å². The van der Waals surface area contributed by atoms with Crippen molar-refractivity contribution in [3.8, 4) is 0 Å². The van der Waals surface area contributed by atoms with Crippen molar-refractivity contribution in [3.63, 3.8) is 0 Å². The van der Waals surface area contributed by atoms with Gasteiger partial charge < -0.3 is 4.57 Å². The van der Waals surface area contributed by atoms with Gasteiger partial charge in [-0.1, -0.05) is 41.9 Å². The van der Waals surface area contributed by atoms with Gasteiger partial charge in [-0.05, 0) is 31.2 Å². The molecule has 2 aromatic carbocycles. The highest BCUT2D eigenvalue weighted by atomic mass is 35.5. The monoisotopic (exact) mass is 307 g/mol. The fourth-order valence-corrected chi connectivity index (χ4v) is 3.02. The lowest BCUT2D eigenvalue weighted by molar-refractivity contribution is 0.784. The maximum absolute atomic E-state index is 6.38. The highest BCUT2D eigenvalue weighted by Gasteiger charge is 2.10. The Balaban J connectivity index is 1.85. The van der Waals surface area contributed by atoms with Gasteiger partial charge >= 0.3 is 0 Å². The molecule has 108 valence electrons. The zero-order valence-corrected chi connectivity index (χ0v) is 12.9. The summed E-state index contributed by atoms with van der Waals surface area (Å²) in [6, 6.07) is 18.3. The Hall–Kier alpha value is -2.39. The van der Waals surface area contributed by atoms with Crippen LogP contribution in [0, 0.1) is 6.92 Å². The molecule has 4 heteroatoms. The average molecular weight is 308 g/mol. The van der Waals surface area contributed by atoms with Crippen molar-refractivity contribution in [1.82, 2.24) is 14.5 Å². The topological polar surface area (TPSA) is 30.7 Å². The van der Waals surface area contributed by atoms with Gasteiger partial charge in [0.15, 0.2) is 0 Å². The van der Waals surface area contributed by atoms with Gasteiger partial charge in [0, 0.05) is 10.9 Å². The van der Waals surface area contributed by atoms with E-state index in [9.17, 15) is 0 Å². The van der Waals surface area contributed by atoms with Gasteiger partial charge in [-0.25, -0.2) is 9.97 Å². The highest BCUT2D eigenvalue weighted by Crippen LogP contribution is 2.24. The summed E-state index contributed by atoms with van der Waals surface area (Å²) in [7, 11) is 0. The number of aryl methyl sites for hydroxylation is 1. The van der Waals surface area contributed by atoms with Crippen LogP contribution in [0.25, 0.3) is 21.9 Å². The van der Waals surface area contributed by atoms with Crippen LogP contribution in [-0.2, 0) is 6.54 Å². The Bertz CT molecular complexity index is 988. The maximum Gasteiger partial charge on any atom is 0.134 e. The standard InChI is InChI=1S/C18H14ClN3/c1-12-20-16-8-4-5-9-17(16)22(12)11-14-10-13-6-2-3-7-15(13)21-18(14)19/h2-10H,11H2,1H3. The third kappa shape index (κ3) is 2.14. The van der Waals surface area contributed by atoms with E-state index < -0.39 is 0 Å². The molecule has 22 heavy (non-hydrogen) atoms. The van der Waals surface area contributed by atoms with E-state index in [1.807, 2.05) is 43.3 Å². The average Bonchev–Trinajstić information content (AvgIpc) is 2.84. The van der Waals surface area contributed by atoms with Crippen molar-refractivity contribution in [2.45, 2.75) is 13.5 Å². The maximum atomic E-state index is 6.38. The van der Waals surface area contributed by atoms with Gasteiger partial charge in [0.05, 0.1) is 23.1 Å². The number of benzene rings is 2. The second-order valence-electron chi connectivity index (χ2n) is 5.36. The van der Waals surface area contributed by atoms with Crippen LogP contribution in [0.3, 0.4) is 0 Å². The van der Waals surface area contributed by atoms with E-state index in [2.05, 4.69) is 32.7 Å². The Morgan fingerprint density at radius 1 is 0.955 bits per heavy atom. The number of hydrogen-bond donors (Lipinski definition) is 0. The first-order chi connectivity index (χ1) is 10.7. The summed E-state index contributed by atoms with van der Waals surface area (Å²) in [5.41, 5.74) is 4.05. The molecule has 3 nitrogen and oxygen atoms in total. The molecule has 0 saturated carbocycles. The van der Waals surface area contributed by atoms with Crippen LogP contribution < -0.4 is 0 Å². The molecule has 0 bridgehead atoms. The number of pyridine rings is 1. The molecule has 4 rings (SSSR count). The van der Waals surface area contributed by atoms with Crippen LogP contribution in [0.4, 0.5) is 0 Å². The van der Waals surface area contributed by atoms with Crippen LogP contribution in [0.5, 0.6) is 0 Å². The SMILES string of the molecule is Cc1nc2ccccc2n1Cc1cc2ccccc2nc1Cl. The molecule has 0 saturated heterocycles. The van der Waals surface area contributed by atoms with E-state index in [0.717, 1.165) is 33.3 Å². The van der Waals surface area contributed by atoms with Crippen molar-refractivity contribution < 1.29 is 0 Å². The number of imidazole rings is 1. The third-order valence-corrected chi connectivity index (χ3v) is 4.25. The van der Waals surface area contributed by atoms with Crippen molar-refractivity contribution in [2.24, 2.45) is 0 Å². The number of rotatable bonds is 2. The van der Waals surface area contributed by atoms with E-state index in [1.165, 1.54) is 0 Å². The molecule has 0 spiro atoms. The van der Waals surface area contributed by atoms with Crippen LogP contribution >= 0.6 is 11.6 Å².